The average Bonchev–Trinajstić information content (AvgIpc) is 1.88. The van der Waals surface area contributed by atoms with Crippen LogP contribution >= 0.6 is 0 Å². The normalized spacial score (nSPS) is 15.8. The van der Waals surface area contributed by atoms with E-state index in [1.54, 1.807) is 6.92 Å². The Morgan fingerprint density at radius 3 is 2.80 bits per heavy atom. The number of aliphatic hydroxyl groups excluding tert-OH is 1. The van der Waals surface area contributed by atoms with Gasteiger partial charge in [0.05, 0.1) is 6.61 Å². The van der Waals surface area contributed by atoms with Crippen molar-refractivity contribution in [1.29, 1.82) is 0 Å². The van der Waals surface area contributed by atoms with Crippen LogP contribution < -0.4 is 5.73 Å². The summed E-state index contributed by atoms with van der Waals surface area (Å²) in [6.07, 6.45) is 4.10. The molecule has 0 aromatic carbocycles. The van der Waals surface area contributed by atoms with Crippen LogP contribution in [0.5, 0.6) is 0 Å². The Balaban J connectivity index is 3.23. The highest BCUT2D eigenvalue weighted by Crippen LogP contribution is 1.96. The zero-order valence-electron chi connectivity index (χ0n) is 6.08. The molecule has 0 aromatic heterocycles. The minimum absolute atomic E-state index is 0.0617. The Bertz CT molecular complexity index is 117. The highest BCUT2D eigenvalue weighted by Gasteiger charge is 2.07. The van der Waals surface area contributed by atoms with Gasteiger partial charge in [0.25, 0.3) is 0 Å². The summed E-state index contributed by atoms with van der Waals surface area (Å²) >= 11 is 0. The second-order valence-electron chi connectivity index (χ2n) is 2.19. The molecule has 10 heavy (non-hydrogen) atoms. The van der Waals surface area contributed by atoms with Crippen molar-refractivity contribution >= 4 is 0 Å². The molecule has 3 heteroatoms. The topological polar surface area (TPSA) is 55.5 Å². The summed E-state index contributed by atoms with van der Waals surface area (Å²) in [6.45, 7) is 2.47. The van der Waals surface area contributed by atoms with E-state index >= 15 is 0 Å². The first-order valence-electron chi connectivity index (χ1n) is 3.13. The fourth-order valence-electron chi connectivity index (χ4n) is 0.402. The van der Waals surface area contributed by atoms with Crippen LogP contribution in [-0.4, -0.2) is 24.5 Å². The maximum atomic E-state index is 8.77. The Kier molecular flexibility index (Phi) is 4.95. The summed E-state index contributed by atoms with van der Waals surface area (Å²) in [6, 6.07) is 0. The number of terminal acetylenes is 1. The lowest BCUT2D eigenvalue weighted by molar-refractivity contribution is 0.0510. The van der Waals surface area contributed by atoms with Crippen molar-refractivity contribution < 1.29 is 9.84 Å². The number of nitrogens with two attached hydrogens (primary N) is 1. The van der Waals surface area contributed by atoms with Gasteiger partial charge in [-0.05, 0) is 0 Å². The molecule has 2 unspecified atom stereocenters. The van der Waals surface area contributed by atoms with Crippen molar-refractivity contribution in [3.8, 4) is 12.3 Å². The third kappa shape index (κ3) is 4.33. The van der Waals surface area contributed by atoms with Gasteiger partial charge in [-0.3, -0.25) is 0 Å². The summed E-state index contributed by atoms with van der Waals surface area (Å²) in [4.78, 5) is 0. The van der Waals surface area contributed by atoms with Gasteiger partial charge in [-0.25, -0.2) is 0 Å². The minimum atomic E-state index is -0.822. The zero-order valence-corrected chi connectivity index (χ0v) is 6.08. The maximum absolute atomic E-state index is 8.77. The van der Waals surface area contributed by atoms with Crippen molar-refractivity contribution in [2.45, 2.75) is 13.2 Å². The molecule has 0 saturated carbocycles. The number of hydrogen-bond donors (Lipinski definition) is 2. The Labute approximate surface area is 61.2 Å². The van der Waals surface area contributed by atoms with Crippen LogP contribution in [-0.2, 0) is 4.74 Å². The van der Waals surface area contributed by atoms with E-state index in [1.807, 2.05) is 0 Å². The summed E-state index contributed by atoms with van der Waals surface area (Å²) in [5.74, 6) is 2.26. The number of aliphatic hydroxyl groups is 1. The summed E-state index contributed by atoms with van der Waals surface area (Å²) in [7, 11) is 0. The molecule has 0 rings (SSSR count). The van der Waals surface area contributed by atoms with Crippen LogP contribution in [0.3, 0.4) is 0 Å². The molecule has 0 amide bonds. The van der Waals surface area contributed by atoms with Crippen molar-refractivity contribution in [3.05, 3.63) is 0 Å². The van der Waals surface area contributed by atoms with Crippen molar-refractivity contribution in [3.63, 3.8) is 0 Å². The third-order valence-electron chi connectivity index (χ3n) is 1.15. The molecule has 0 radical (unpaired) electrons. The van der Waals surface area contributed by atoms with E-state index in [1.165, 1.54) is 0 Å². The molecule has 0 aromatic rings. The lowest BCUT2D eigenvalue weighted by atomic mass is 10.2. The molecule has 3 N–H and O–H groups in total. The Morgan fingerprint density at radius 2 is 2.40 bits per heavy atom. The van der Waals surface area contributed by atoms with Crippen molar-refractivity contribution in [2.75, 3.05) is 13.2 Å². The van der Waals surface area contributed by atoms with Gasteiger partial charge in [-0.2, -0.15) is 0 Å². The number of ether oxygens (including phenoxy) is 1. The average molecular weight is 143 g/mol. The maximum Gasteiger partial charge on any atom is 0.107 e. The van der Waals surface area contributed by atoms with Crippen molar-refractivity contribution in [1.82, 2.24) is 0 Å². The zero-order chi connectivity index (χ0) is 7.98. The fourth-order valence-corrected chi connectivity index (χ4v) is 0.402. The number of hydrogen-bond acceptors (Lipinski definition) is 3. The molecule has 0 aliphatic carbocycles. The van der Waals surface area contributed by atoms with E-state index in [0.717, 1.165) is 0 Å². The predicted octanol–water partition coefficient (Wildman–Crippen LogP) is -0.451. The van der Waals surface area contributed by atoms with Crippen LogP contribution in [0, 0.1) is 18.3 Å². The van der Waals surface area contributed by atoms with Gasteiger partial charge in [0.15, 0.2) is 0 Å². The SMILES string of the molecule is C#CCOCC(C)C(N)O. The standard InChI is InChI=1S/C7H13NO2/c1-3-4-10-5-6(2)7(8)9/h1,6-7,9H,4-5,8H2,2H3. The van der Waals surface area contributed by atoms with Crippen LogP contribution in [0.2, 0.25) is 0 Å². The molecule has 0 bridgehead atoms. The van der Waals surface area contributed by atoms with E-state index in [4.69, 9.17) is 22.0 Å². The first-order valence-corrected chi connectivity index (χ1v) is 3.13. The first-order chi connectivity index (χ1) is 4.68. The van der Waals surface area contributed by atoms with E-state index in [9.17, 15) is 0 Å². The summed E-state index contributed by atoms with van der Waals surface area (Å²) in [5, 5.41) is 8.77. The molecule has 0 heterocycles. The molecular formula is C7H13NO2. The van der Waals surface area contributed by atoms with E-state index in [2.05, 4.69) is 5.92 Å². The third-order valence-corrected chi connectivity index (χ3v) is 1.15. The van der Waals surface area contributed by atoms with Gasteiger partial charge in [0.1, 0.15) is 12.8 Å². The summed E-state index contributed by atoms with van der Waals surface area (Å²) < 4.78 is 4.93. The number of rotatable bonds is 4. The lowest BCUT2D eigenvalue weighted by Gasteiger charge is -2.12. The van der Waals surface area contributed by atoms with E-state index in [0.29, 0.717) is 6.61 Å². The largest absolute Gasteiger partial charge is 0.378 e. The predicted molar refractivity (Wildman–Crippen MR) is 39.0 cm³/mol. The Hall–Kier alpha value is -0.560. The monoisotopic (exact) mass is 143 g/mol. The molecule has 58 valence electrons. The highest BCUT2D eigenvalue weighted by atomic mass is 16.5. The molecule has 0 aliphatic heterocycles. The molecule has 0 aliphatic rings. The van der Waals surface area contributed by atoms with Crippen LogP contribution in [0.4, 0.5) is 0 Å². The fraction of sp³-hybridized carbons (Fsp3) is 0.714. The molecule has 3 nitrogen and oxygen atoms in total. The van der Waals surface area contributed by atoms with Gasteiger partial charge in [-0.15, -0.1) is 6.42 Å². The van der Waals surface area contributed by atoms with Gasteiger partial charge in [0.2, 0.25) is 0 Å². The van der Waals surface area contributed by atoms with E-state index in [-0.39, 0.29) is 12.5 Å². The molecular weight excluding hydrogens is 130 g/mol. The highest BCUT2D eigenvalue weighted by molar-refractivity contribution is 4.82. The minimum Gasteiger partial charge on any atom is -0.378 e. The van der Waals surface area contributed by atoms with E-state index < -0.39 is 6.23 Å². The lowest BCUT2D eigenvalue weighted by Crippen LogP contribution is -2.30. The summed E-state index contributed by atoms with van der Waals surface area (Å²) in [5.41, 5.74) is 5.14. The van der Waals surface area contributed by atoms with Gasteiger partial charge < -0.3 is 15.6 Å². The second-order valence-corrected chi connectivity index (χ2v) is 2.19. The molecule has 0 spiro atoms. The Morgan fingerprint density at radius 1 is 1.80 bits per heavy atom. The van der Waals surface area contributed by atoms with Crippen LogP contribution in [0.15, 0.2) is 0 Å². The molecule has 0 saturated heterocycles. The van der Waals surface area contributed by atoms with Gasteiger partial charge >= 0.3 is 0 Å². The van der Waals surface area contributed by atoms with Crippen LogP contribution in [0.1, 0.15) is 6.92 Å². The van der Waals surface area contributed by atoms with Crippen molar-refractivity contribution in [2.24, 2.45) is 11.7 Å². The van der Waals surface area contributed by atoms with Crippen LogP contribution in [0.25, 0.3) is 0 Å². The van der Waals surface area contributed by atoms with Gasteiger partial charge in [0, 0.05) is 5.92 Å². The quantitative estimate of drug-likeness (QED) is 0.318. The smallest absolute Gasteiger partial charge is 0.107 e. The molecule has 0 fully saturated rings. The molecule has 2 atom stereocenters. The second kappa shape index (κ2) is 5.24. The van der Waals surface area contributed by atoms with Gasteiger partial charge in [-0.1, -0.05) is 12.8 Å². The first kappa shape index (κ1) is 9.44.